The largest absolute Gasteiger partial charge is 0.493 e. The van der Waals surface area contributed by atoms with E-state index in [1.165, 1.54) is 23.9 Å². The first kappa shape index (κ1) is 18.9. The molecule has 10 heteroatoms. The Labute approximate surface area is 170 Å². The van der Waals surface area contributed by atoms with E-state index in [-0.39, 0.29) is 5.69 Å². The molecular weight excluding hydrogens is 394 g/mol. The van der Waals surface area contributed by atoms with Gasteiger partial charge in [-0.15, -0.1) is 10.2 Å². The van der Waals surface area contributed by atoms with E-state index in [1.807, 2.05) is 24.3 Å². The van der Waals surface area contributed by atoms with E-state index < -0.39 is 4.92 Å². The molecule has 0 aliphatic carbocycles. The molecule has 4 rings (SSSR count). The quantitative estimate of drug-likeness (QED) is 0.453. The average molecular weight is 411 g/mol. The van der Waals surface area contributed by atoms with Gasteiger partial charge in [0.15, 0.2) is 17.3 Å². The third kappa shape index (κ3) is 3.79. The Bertz CT molecular complexity index is 1110. The van der Waals surface area contributed by atoms with Gasteiger partial charge in [-0.25, -0.2) is 0 Å². The second-order valence-corrected chi connectivity index (χ2v) is 7.16. The number of benzene rings is 2. The van der Waals surface area contributed by atoms with E-state index in [2.05, 4.69) is 15.3 Å². The first-order chi connectivity index (χ1) is 14.1. The van der Waals surface area contributed by atoms with E-state index in [0.717, 1.165) is 11.3 Å². The Kier molecular flexibility index (Phi) is 5.17. The summed E-state index contributed by atoms with van der Waals surface area (Å²) >= 11 is 1.50. The summed E-state index contributed by atoms with van der Waals surface area (Å²) in [6, 6.07) is 12.1. The summed E-state index contributed by atoms with van der Waals surface area (Å²) in [6.45, 7) is 0. The van der Waals surface area contributed by atoms with Crippen LogP contribution in [-0.4, -0.2) is 45.5 Å². The third-order valence-electron chi connectivity index (χ3n) is 4.44. The van der Waals surface area contributed by atoms with Crippen molar-refractivity contribution in [3.05, 3.63) is 69.5 Å². The van der Waals surface area contributed by atoms with Gasteiger partial charge in [0.1, 0.15) is 0 Å². The number of hydrogen-bond acceptors (Lipinski definition) is 8. The number of rotatable bonds is 6. The number of nitro groups is 1. The van der Waals surface area contributed by atoms with Gasteiger partial charge >= 0.3 is 0 Å². The first-order valence-electron chi connectivity index (χ1n) is 8.69. The Morgan fingerprint density at radius 3 is 2.72 bits per heavy atom. The molecule has 0 amide bonds. The van der Waals surface area contributed by atoms with Crippen LogP contribution in [0.4, 0.5) is 5.69 Å². The van der Waals surface area contributed by atoms with E-state index >= 15 is 0 Å². The predicted octanol–water partition coefficient (Wildman–Crippen LogP) is 3.15. The maximum Gasteiger partial charge on any atom is 0.270 e. The maximum absolute atomic E-state index is 11.1. The summed E-state index contributed by atoms with van der Waals surface area (Å²) in [4.78, 5) is 10.7. The van der Waals surface area contributed by atoms with Crippen molar-refractivity contribution in [1.82, 2.24) is 14.9 Å². The van der Waals surface area contributed by atoms with Gasteiger partial charge in [-0.1, -0.05) is 30.0 Å². The molecule has 0 saturated carbocycles. The van der Waals surface area contributed by atoms with Gasteiger partial charge in [0.25, 0.3) is 5.69 Å². The fraction of sp³-hybridized carbons (Fsp3) is 0.211. The minimum atomic E-state index is -0.410. The number of non-ortho nitro benzene ring substituents is 1. The summed E-state index contributed by atoms with van der Waals surface area (Å²) in [7, 11) is 3.18. The molecule has 0 N–H and O–H groups in total. The van der Waals surface area contributed by atoms with Crippen LogP contribution < -0.4 is 9.47 Å². The summed E-state index contributed by atoms with van der Waals surface area (Å²) in [6.07, 6.45) is 0.500. The lowest BCUT2D eigenvalue weighted by atomic mass is 10.1. The van der Waals surface area contributed by atoms with Crippen molar-refractivity contribution in [2.75, 3.05) is 20.0 Å². The maximum atomic E-state index is 11.1. The van der Waals surface area contributed by atoms with Crippen molar-refractivity contribution in [3.63, 3.8) is 0 Å². The molecule has 9 nitrogen and oxygen atoms in total. The average Bonchev–Trinajstić information content (AvgIpc) is 3.15. The van der Waals surface area contributed by atoms with Gasteiger partial charge < -0.3 is 9.47 Å². The van der Waals surface area contributed by atoms with Crippen LogP contribution in [0.15, 0.2) is 52.7 Å². The zero-order valence-electron chi connectivity index (χ0n) is 15.7. The van der Waals surface area contributed by atoms with Crippen LogP contribution in [0.3, 0.4) is 0 Å². The Balaban J connectivity index is 1.66. The molecule has 1 aromatic heterocycles. The minimum absolute atomic E-state index is 0.0373. The topological polar surface area (TPSA) is 105 Å². The molecule has 1 aliphatic heterocycles. The number of methoxy groups -OCH3 is 2. The molecule has 0 unspecified atom stereocenters. The zero-order valence-corrected chi connectivity index (χ0v) is 16.5. The van der Waals surface area contributed by atoms with E-state index in [0.29, 0.717) is 40.2 Å². The standard InChI is InChI=1S/C19H17N5O4S/c1-27-16-7-6-12(8-17(16)28-2)9-18-20-21-19-23(18)22-15(11-29-19)13-4-3-5-14(10-13)24(25)26/h3-8,10H,9,11H2,1-2H3. The van der Waals surface area contributed by atoms with E-state index in [1.54, 1.807) is 25.0 Å². The molecule has 0 fully saturated rings. The van der Waals surface area contributed by atoms with Gasteiger partial charge in [-0.05, 0) is 17.7 Å². The fourth-order valence-corrected chi connectivity index (χ4v) is 3.85. The summed E-state index contributed by atoms with van der Waals surface area (Å²) in [5, 5.41) is 24.9. The Morgan fingerprint density at radius 2 is 1.97 bits per heavy atom. The van der Waals surface area contributed by atoms with Gasteiger partial charge in [-0.3, -0.25) is 10.1 Å². The molecule has 29 heavy (non-hydrogen) atoms. The van der Waals surface area contributed by atoms with Crippen LogP contribution in [0.2, 0.25) is 0 Å². The monoisotopic (exact) mass is 411 g/mol. The molecule has 148 valence electrons. The molecule has 2 heterocycles. The van der Waals surface area contributed by atoms with Crippen LogP contribution in [0.25, 0.3) is 0 Å². The lowest BCUT2D eigenvalue weighted by molar-refractivity contribution is -0.384. The van der Waals surface area contributed by atoms with Gasteiger partial charge in [-0.2, -0.15) is 9.78 Å². The van der Waals surface area contributed by atoms with Gasteiger partial charge in [0, 0.05) is 29.9 Å². The summed E-state index contributed by atoms with van der Waals surface area (Å²) in [5.41, 5.74) is 2.46. The number of aromatic nitrogens is 3. The molecule has 0 atom stereocenters. The zero-order chi connectivity index (χ0) is 20.4. The molecule has 0 saturated heterocycles. The van der Waals surface area contributed by atoms with Crippen LogP contribution in [0.5, 0.6) is 11.5 Å². The lowest BCUT2D eigenvalue weighted by Crippen LogP contribution is -2.15. The van der Waals surface area contributed by atoms with Crippen molar-refractivity contribution in [2.24, 2.45) is 5.10 Å². The van der Waals surface area contributed by atoms with Crippen molar-refractivity contribution >= 4 is 23.2 Å². The molecule has 0 radical (unpaired) electrons. The fourth-order valence-electron chi connectivity index (χ4n) is 2.99. The van der Waals surface area contributed by atoms with Crippen LogP contribution in [0, 0.1) is 10.1 Å². The van der Waals surface area contributed by atoms with Crippen molar-refractivity contribution in [1.29, 1.82) is 0 Å². The normalized spacial score (nSPS) is 12.8. The first-order valence-corrected chi connectivity index (χ1v) is 9.68. The smallest absolute Gasteiger partial charge is 0.270 e. The van der Waals surface area contributed by atoms with Crippen molar-refractivity contribution in [2.45, 2.75) is 11.6 Å². The number of thioether (sulfide) groups is 1. The number of hydrogen-bond donors (Lipinski definition) is 0. The highest BCUT2D eigenvalue weighted by molar-refractivity contribution is 7.99. The predicted molar refractivity (Wildman–Crippen MR) is 108 cm³/mol. The SMILES string of the molecule is COc1ccc(Cc2nnc3n2N=C(c2cccc([N+](=O)[O-])c2)CS3)cc1OC. The number of nitro benzene ring substituents is 1. The summed E-state index contributed by atoms with van der Waals surface area (Å²) < 4.78 is 12.3. The number of ether oxygens (including phenoxy) is 2. The number of nitrogens with zero attached hydrogens (tertiary/aromatic N) is 5. The van der Waals surface area contributed by atoms with E-state index in [4.69, 9.17) is 9.47 Å². The third-order valence-corrected chi connectivity index (χ3v) is 5.37. The van der Waals surface area contributed by atoms with Crippen molar-refractivity contribution in [3.8, 4) is 11.5 Å². The van der Waals surface area contributed by atoms with Gasteiger partial charge in [0.05, 0.1) is 24.9 Å². The Morgan fingerprint density at radius 1 is 1.14 bits per heavy atom. The lowest BCUT2D eigenvalue weighted by Gasteiger charge is -2.14. The highest BCUT2D eigenvalue weighted by Gasteiger charge is 2.21. The second kappa shape index (κ2) is 7.92. The number of fused-ring (bicyclic) bond motifs is 1. The van der Waals surface area contributed by atoms with E-state index in [9.17, 15) is 10.1 Å². The molecular formula is C19H17N5O4S. The highest BCUT2D eigenvalue weighted by Crippen LogP contribution is 2.30. The molecule has 2 aromatic carbocycles. The highest BCUT2D eigenvalue weighted by atomic mass is 32.2. The molecule has 0 bridgehead atoms. The summed E-state index contributed by atoms with van der Waals surface area (Å²) in [5.74, 6) is 2.53. The molecule has 0 spiro atoms. The van der Waals surface area contributed by atoms with Crippen LogP contribution >= 0.6 is 11.8 Å². The Hall–Kier alpha value is -3.40. The molecule has 3 aromatic rings. The van der Waals surface area contributed by atoms with Crippen LogP contribution in [0.1, 0.15) is 17.0 Å². The minimum Gasteiger partial charge on any atom is -0.493 e. The second-order valence-electron chi connectivity index (χ2n) is 6.22. The van der Waals surface area contributed by atoms with Gasteiger partial charge in [0.2, 0.25) is 5.16 Å². The van der Waals surface area contributed by atoms with Crippen molar-refractivity contribution < 1.29 is 14.4 Å². The molecule has 1 aliphatic rings. The van der Waals surface area contributed by atoms with Crippen LogP contribution in [-0.2, 0) is 6.42 Å².